The van der Waals surface area contributed by atoms with E-state index in [1.807, 2.05) is 0 Å². The van der Waals surface area contributed by atoms with Crippen molar-refractivity contribution in [1.82, 2.24) is 0 Å². The quantitative estimate of drug-likeness (QED) is 0.0871. The lowest BCUT2D eigenvalue weighted by Crippen LogP contribution is -2.36. The second kappa shape index (κ2) is 27.6. The second-order valence-electron chi connectivity index (χ2n) is 13.8. The molecule has 0 rings (SSSR count). The van der Waals surface area contributed by atoms with Crippen molar-refractivity contribution in [2.75, 3.05) is 0 Å². The molecule has 39 heavy (non-hydrogen) atoms. The zero-order valence-corrected chi connectivity index (χ0v) is 27.8. The van der Waals surface area contributed by atoms with Gasteiger partial charge in [0, 0.05) is 0 Å². The predicted molar refractivity (Wildman–Crippen MR) is 175 cm³/mol. The summed E-state index contributed by atoms with van der Waals surface area (Å²) in [6.45, 7) is 11.2. The highest BCUT2D eigenvalue weighted by Crippen LogP contribution is 2.39. The zero-order chi connectivity index (χ0) is 29.0. The zero-order valence-electron chi connectivity index (χ0n) is 27.8. The number of unbranched alkanes of at least 4 members (excludes halogenated alkanes) is 23. The molecule has 0 aliphatic carbocycles. The maximum atomic E-state index is 12.4. The van der Waals surface area contributed by atoms with Crippen LogP contribution in [0, 0.1) is 17.3 Å². The fraction of sp³-hybridized carbons (Fsp3) is 0.973. The second-order valence-corrected chi connectivity index (χ2v) is 13.8. The number of hydrogen-bond donors (Lipinski definition) is 1. The fourth-order valence-corrected chi connectivity index (χ4v) is 6.38. The van der Waals surface area contributed by atoms with Gasteiger partial charge in [-0.2, -0.15) is 0 Å². The lowest BCUT2D eigenvalue weighted by molar-refractivity contribution is -0.153. The Morgan fingerprint density at radius 3 is 1.03 bits per heavy atom. The molecule has 2 nitrogen and oxygen atoms in total. The van der Waals surface area contributed by atoms with Crippen LogP contribution in [-0.4, -0.2) is 11.1 Å². The van der Waals surface area contributed by atoms with E-state index in [1.54, 1.807) is 0 Å². The van der Waals surface area contributed by atoms with Gasteiger partial charge in [-0.25, -0.2) is 0 Å². The fourth-order valence-electron chi connectivity index (χ4n) is 6.38. The summed E-state index contributed by atoms with van der Waals surface area (Å²) in [4.78, 5) is 12.4. The van der Waals surface area contributed by atoms with Gasteiger partial charge < -0.3 is 5.11 Å². The van der Waals surface area contributed by atoms with Gasteiger partial charge in [0.05, 0.1) is 5.41 Å². The summed E-state index contributed by atoms with van der Waals surface area (Å²) in [5.74, 6) is 0.544. The first-order chi connectivity index (χ1) is 18.9. The van der Waals surface area contributed by atoms with Crippen LogP contribution in [0.5, 0.6) is 0 Å². The van der Waals surface area contributed by atoms with Crippen molar-refractivity contribution in [2.45, 2.75) is 214 Å². The molecule has 234 valence electrons. The van der Waals surface area contributed by atoms with E-state index in [2.05, 4.69) is 34.6 Å². The molecule has 0 fully saturated rings. The maximum absolute atomic E-state index is 12.4. The van der Waals surface area contributed by atoms with Crippen LogP contribution in [0.1, 0.15) is 214 Å². The van der Waals surface area contributed by atoms with Gasteiger partial charge in [-0.05, 0) is 24.7 Å². The molecule has 0 saturated heterocycles. The Kier molecular flexibility index (Phi) is 27.3. The topological polar surface area (TPSA) is 37.3 Å². The Bertz CT molecular complexity index is 512. The molecular formula is C37H74O2. The third-order valence-electron chi connectivity index (χ3n) is 9.41. The first-order valence-corrected chi connectivity index (χ1v) is 18.1. The Labute approximate surface area is 247 Å². The van der Waals surface area contributed by atoms with E-state index >= 15 is 0 Å². The van der Waals surface area contributed by atoms with Crippen molar-refractivity contribution in [3.63, 3.8) is 0 Å². The van der Waals surface area contributed by atoms with E-state index in [4.69, 9.17) is 0 Å². The molecular weight excluding hydrogens is 476 g/mol. The van der Waals surface area contributed by atoms with Crippen molar-refractivity contribution >= 4 is 5.97 Å². The van der Waals surface area contributed by atoms with Crippen molar-refractivity contribution in [3.8, 4) is 0 Å². The van der Waals surface area contributed by atoms with Gasteiger partial charge in [-0.15, -0.1) is 0 Å². The summed E-state index contributed by atoms with van der Waals surface area (Å²) in [6.07, 6.45) is 36.7. The molecule has 1 N–H and O–H groups in total. The summed E-state index contributed by atoms with van der Waals surface area (Å²) in [6, 6.07) is 0. The Morgan fingerprint density at radius 1 is 0.487 bits per heavy atom. The van der Waals surface area contributed by atoms with Crippen molar-refractivity contribution < 1.29 is 9.90 Å². The highest BCUT2D eigenvalue weighted by molar-refractivity contribution is 5.74. The van der Waals surface area contributed by atoms with E-state index in [0.717, 1.165) is 31.6 Å². The summed E-state index contributed by atoms with van der Waals surface area (Å²) >= 11 is 0. The largest absolute Gasteiger partial charge is 0.481 e. The number of aliphatic carboxylic acids is 1. The number of carboxylic acids is 1. The summed E-state index contributed by atoms with van der Waals surface area (Å²) < 4.78 is 0. The van der Waals surface area contributed by atoms with Crippen LogP contribution < -0.4 is 0 Å². The highest BCUT2D eigenvalue weighted by atomic mass is 16.4. The average Bonchev–Trinajstić information content (AvgIpc) is 2.89. The number of carboxylic acid groups (broad SMARTS) is 1. The molecule has 0 amide bonds. The van der Waals surface area contributed by atoms with Crippen LogP contribution in [0.15, 0.2) is 0 Å². The lowest BCUT2D eigenvalue weighted by Gasteiger charge is -2.34. The molecule has 1 atom stereocenters. The molecule has 0 bridgehead atoms. The smallest absolute Gasteiger partial charge is 0.309 e. The normalized spacial score (nSPS) is 13.4. The van der Waals surface area contributed by atoms with Gasteiger partial charge >= 0.3 is 5.97 Å². The molecule has 0 aromatic rings. The number of rotatable bonds is 31. The molecule has 0 aromatic heterocycles. The predicted octanol–water partition coefficient (Wildman–Crippen LogP) is 13.3. The van der Waals surface area contributed by atoms with E-state index in [9.17, 15) is 9.90 Å². The molecule has 0 aliphatic heterocycles. The van der Waals surface area contributed by atoms with E-state index in [0.29, 0.717) is 0 Å². The van der Waals surface area contributed by atoms with Crippen LogP contribution >= 0.6 is 0 Å². The summed E-state index contributed by atoms with van der Waals surface area (Å²) in [5, 5.41) is 10.2. The van der Waals surface area contributed by atoms with Gasteiger partial charge in [0.2, 0.25) is 0 Å². The SMILES string of the molecule is CCCCCCCCCCCCCCC(CCCCCCCCCCCCCCCC(C)C)(C(=O)O)C(C)C. The van der Waals surface area contributed by atoms with E-state index in [1.165, 1.54) is 154 Å². The van der Waals surface area contributed by atoms with Crippen molar-refractivity contribution in [2.24, 2.45) is 17.3 Å². The van der Waals surface area contributed by atoms with E-state index < -0.39 is 11.4 Å². The minimum absolute atomic E-state index is 0.220. The Balaban J connectivity index is 3.82. The summed E-state index contributed by atoms with van der Waals surface area (Å²) in [5.41, 5.74) is -0.507. The number of carbonyl (C=O) groups is 1. The van der Waals surface area contributed by atoms with Crippen LogP contribution in [-0.2, 0) is 4.79 Å². The van der Waals surface area contributed by atoms with Gasteiger partial charge in [-0.1, -0.05) is 202 Å². The van der Waals surface area contributed by atoms with Crippen LogP contribution in [0.4, 0.5) is 0 Å². The third-order valence-corrected chi connectivity index (χ3v) is 9.41. The van der Waals surface area contributed by atoms with Gasteiger partial charge in [-0.3, -0.25) is 4.79 Å². The van der Waals surface area contributed by atoms with Crippen LogP contribution in [0.25, 0.3) is 0 Å². The highest BCUT2D eigenvalue weighted by Gasteiger charge is 2.40. The Hall–Kier alpha value is -0.530. The monoisotopic (exact) mass is 551 g/mol. The molecule has 2 heteroatoms. The van der Waals surface area contributed by atoms with E-state index in [-0.39, 0.29) is 5.92 Å². The lowest BCUT2D eigenvalue weighted by atomic mass is 9.70. The molecule has 0 heterocycles. The minimum atomic E-state index is -0.541. The molecule has 0 radical (unpaired) electrons. The molecule has 0 aliphatic rings. The van der Waals surface area contributed by atoms with Gasteiger partial charge in [0.15, 0.2) is 0 Å². The first-order valence-electron chi connectivity index (χ1n) is 18.1. The van der Waals surface area contributed by atoms with Gasteiger partial charge in [0.25, 0.3) is 0 Å². The maximum Gasteiger partial charge on any atom is 0.309 e. The first kappa shape index (κ1) is 38.5. The molecule has 1 unspecified atom stereocenters. The molecule has 0 aromatic carbocycles. The minimum Gasteiger partial charge on any atom is -0.481 e. The van der Waals surface area contributed by atoms with Crippen LogP contribution in [0.3, 0.4) is 0 Å². The average molecular weight is 551 g/mol. The van der Waals surface area contributed by atoms with Crippen LogP contribution in [0.2, 0.25) is 0 Å². The van der Waals surface area contributed by atoms with Crippen molar-refractivity contribution in [3.05, 3.63) is 0 Å². The Morgan fingerprint density at radius 2 is 0.769 bits per heavy atom. The molecule has 0 saturated carbocycles. The third kappa shape index (κ3) is 22.8. The molecule has 0 spiro atoms. The van der Waals surface area contributed by atoms with Crippen molar-refractivity contribution in [1.29, 1.82) is 0 Å². The summed E-state index contributed by atoms with van der Waals surface area (Å²) in [7, 11) is 0. The standard InChI is InChI=1S/C37H74O2/c1-6-7-8-9-10-11-12-17-20-23-26-29-32-37(35(4)5,36(38)39)33-30-27-24-21-18-15-13-14-16-19-22-25-28-31-34(2)3/h34-35H,6-33H2,1-5H3,(H,38,39). The number of hydrogen-bond acceptors (Lipinski definition) is 1. The van der Waals surface area contributed by atoms with Gasteiger partial charge in [0.1, 0.15) is 0 Å².